The highest BCUT2D eigenvalue weighted by Gasteiger charge is 2.21. The van der Waals surface area contributed by atoms with Crippen molar-refractivity contribution in [2.24, 2.45) is 0 Å². The summed E-state index contributed by atoms with van der Waals surface area (Å²) in [6, 6.07) is 9.11. The molecule has 0 aliphatic heterocycles. The number of methoxy groups -OCH3 is 1. The van der Waals surface area contributed by atoms with Crippen LogP contribution in [0.25, 0.3) is 0 Å². The maximum Gasteiger partial charge on any atom is 0.275 e. The van der Waals surface area contributed by atoms with E-state index < -0.39 is 11.0 Å². The SMILES string of the molecule is COc1ccc([N+](=O)[O-])c(C(O)CCNC(=O)c2ccccn2)c1. The molecule has 2 rings (SSSR count). The number of aliphatic hydroxyl groups is 1. The maximum absolute atomic E-state index is 11.9. The minimum Gasteiger partial charge on any atom is -0.497 e. The lowest BCUT2D eigenvalue weighted by atomic mass is 10.0. The van der Waals surface area contributed by atoms with Crippen molar-refractivity contribution in [2.75, 3.05) is 13.7 Å². The number of carbonyl (C=O) groups is 1. The predicted octanol–water partition coefficient (Wildman–Crippen LogP) is 1.85. The van der Waals surface area contributed by atoms with E-state index in [1.54, 1.807) is 18.2 Å². The quantitative estimate of drug-likeness (QED) is 0.591. The number of aromatic nitrogens is 1. The highest BCUT2D eigenvalue weighted by molar-refractivity contribution is 5.92. The Kier molecular flexibility index (Phi) is 5.80. The van der Waals surface area contributed by atoms with Crippen molar-refractivity contribution in [1.82, 2.24) is 10.3 Å². The number of nitrogens with zero attached hydrogens (tertiary/aromatic N) is 2. The Morgan fingerprint density at radius 1 is 1.42 bits per heavy atom. The minimum atomic E-state index is -1.11. The highest BCUT2D eigenvalue weighted by Crippen LogP contribution is 2.30. The Bertz CT molecular complexity index is 721. The number of amides is 1. The lowest BCUT2D eigenvalue weighted by molar-refractivity contribution is -0.386. The van der Waals surface area contributed by atoms with Crippen molar-refractivity contribution in [3.05, 3.63) is 64.0 Å². The zero-order chi connectivity index (χ0) is 17.5. The van der Waals surface area contributed by atoms with Gasteiger partial charge >= 0.3 is 0 Å². The molecule has 24 heavy (non-hydrogen) atoms. The first-order valence-electron chi connectivity index (χ1n) is 7.22. The third-order valence-electron chi connectivity index (χ3n) is 3.39. The standard InChI is InChI=1S/C16H17N3O5/c1-24-11-5-6-14(19(22)23)12(10-11)15(20)7-9-18-16(21)13-4-2-3-8-17-13/h2-6,8,10,15,20H,7,9H2,1H3,(H,18,21). The third-order valence-corrected chi connectivity index (χ3v) is 3.39. The molecule has 0 saturated carbocycles. The van der Waals surface area contributed by atoms with Crippen molar-refractivity contribution in [1.29, 1.82) is 0 Å². The number of aliphatic hydroxyl groups excluding tert-OH is 1. The molecule has 1 unspecified atom stereocenters. The Labute approximate surface area is 138 Å². The van der Waals surface area contributed by atoms with Crippen molar-refractivity contribution < 1.29 is 19.6 Å². The number of hydrogen-bond donors (Lipinski definition) is 2. The second-order valence-electron chi connectivity index (χ2n) is 4.96. The fourth-order valence-electron chi connectivity index (χ4n) is 2.16. The van der Waals surface area contributed by atoms with Gasteiger partial charge in [-0.1, -0.05) is 6.07 Å². The Morgan fingerprint density at radius 2 is 2.21 bits per heavy atom. The van der Waals surface area contributed by atoms with Crippen LogP contribution in [0.15, 0.2) is 42.6 Å². The topological polar surface area (TPSA) is 115 Å². The summed E-state index contributed by atoms with van der Waals surface area (Å²) in [6.45, 7) is 0.144. The predicted molar refractivity (Wildman–Crippen MR) is 85.8 cm³/mol. The number of benzene rings is 1. The van der Waals surface area contributed by atoms with E-state index in [9.17, 15) is 20.0 Å². The maximum atomic E-state index is 11.9. The van der Waals surface area contributed by atoms with E-state index in [1.165, 1.54) is 31.5 Å². The molecular formula is C16H17N3O5. The van der Waals surface area contributed by atoms with Crippen molar-refractivity contribution in [3.63, 3.8) is 0 Å². The van der Waals surface area contributed by atoms with Crippen LogP contribution in [-0.2, 0) is 0 Å². The number of nitro benzene ring substituents is 1. The molecule has 0 aliphatic carbocycles. The van der Waals surface area contributed by atoms with E-state index in [-0.39, 0.29) is 35.8 Å². The number of hydrogen-bond acceptors (Lipinski definition) is 6. The Morgan fingerprint density at radius 3 is 2.83 bits per heavy atom. The molecule has 0 spiro atoms. The van der Waals surface area contributed by atoms with Gasteiger partial charge in [0.2, 0.25) is 0 Å². The summed E-state index contributed by atoms with van der Waals surface area (Å²) < 4.78 is 5.03. The first-order chi connectivity index (χ1) is 11.5. The summed E-state index contributed by atoms with van der Waals surface area (Å²) >= 11 is 0. The van der Waals surface area contributed by atoms with Gasteiger partial charge in [-0.3, -0.25) is 19.9 Å². The molecule has 1 aromatic heterocycles. The number of ether oxygens (including phenoxy) is 1. The van der Waals surface area contributed by atoms with Gasteiger partial charge in [-0.15, -0.1) is 0 Å². The van der Waals surface area contributed by atoms with Crippen LogP contribution in [-0.4, -0.2) is 34.6 Å². The Hall–Kier alpha value is -3.00. The number of rotatable bonds is 7. The molecule has 1 heterocycles. The molecule has 0 aliphatic rings. The average Bonchev–Trinajstić information content (AvgIpc) is 2.61. The van der Waals surface area contributed by atoms with Crippen LogP contribution in [0.1, 0.15) is 28.6 Å². The molecule has 1 aromatic carbocycles. The van der Waals surface area contributed by atoms with Gasteiger partial charge < -0.3 is 15.2 Å². The molecule has 1 amide bonds. The van der Waals surface area contributed by atoms with Crippen molar-refractivity contribution in [2.45, 2.75) is 12.5 Å². The number of nitrogens with one attached hydrogen (secondary N) is 1. The van der Waals surface area contributed by atoms with Gasteiger partial charge in [0.15, 0.2) is 0 Å². The first kappa shape index (κ1) is 17.4. The first-order valence-corrected chi connectivity index (χ1v) is 7.22. The van der Waals surface area contributed by atoms with E-state index in [4.69, 9.17) is 4.74 Å². The fraction of sp³-hybridized carbons (Fsp3) is 0.250. The highest BCUT2D eigenvalue weighted by atomic mass is 16.6. The molecule has 2 aromatic rings. The van der Waals surface area contributed by atoms with Crippen molar-refractivity contribution >= 4 is 11.6 Å². The molecule has 8 heteroatoms. The van der Waals surface area contributed by atoms with Crippen LogP contribution in [0, 0.1) is 10.1 Å². The normalized spacial score (nSPS) is 11.6. The molecule has 0 radical (unpaired) electrons. The van der Waals surface area contributed by atoms with E-state index >= 15 is 0 Å². The number of nitro groups is 1. The minimum absolute atomic E-state index is 0.118. The summed E-state index contributed by atoms with van der Waals surface area (Å²) in [6.07, 6.45) is 0.514. The zero-order valence-electron chi connectivity index (χ0n) is 13.0. The second-order valence-corrected chi connectivity index (χ2v) is 4.96. The summed E-state index contributed by atoms with van der Waals surface area (Å²) in [5, 5.41) is 23.9. The molecular weight excluding hydrogens is 314 g/mol. The van der Waals surface area contributed by atoms with Crippen LogP contribution in [0.5, 0.6) is 5.75 Å². The molecule has 2 N–H and O–H groups in total. The summed E-state index contributed by atoms with van der Waals surface area (Å²) in [7, 11) is 1.43. The molecule has 0 saturated heterocycles. The Balaban J connectivity index is 2.01. The van der Waals surface area contributed by atoms with Crippen LogP contribution in [0.3, 0.4) is 0 Å². The van der Waals surface area contributed by atoms with E-state index in [1.807, 2.05) is 0 Å². The van der Waals surface area contributed by atoms with Gasteiger partial charge in [-0.05, 0) is 30.7 Å². The molecule has 126 valence electrons. The van der Waals surface area contributed by atoms with Crippen LogP contribution < -0.4 is 10.1 Å². The third kappa shape index (κ3) is 4.26. The van der Waals surface area contributed by atoms with Gasteiger partial charge in [0.05, 0.1) is 23.7 Å². The molecule has 1 atom stereocenters. The van der Waals surface area contributed by atoms with E-state index in [2.05, 4.69) is 10.3 Å². The number of pyridine rings is 1. The van der Waals surface area contributed by atoms with E-state index in [0.717, 1.165) is 0 Å². The average molecular weight is 331 g/mol. The monoisotopic (exact) mass is 331 g/mol. The van der Waals surface area contributed by atoms with Crippen LogP contribution >= 0.6 is 0 Å². The van der Waals surface area contributed by atoms with Gasteiger partial charge in [0, 0.05) is 18.8 Å². The molecule has 8 nitrogen and oxygen atoms in total. The number of carbonyl (C=O) groups excluding carboxylic acids is 1. The van der Waals surface area contributed by atoms with Crippen LogP contribution in [0.2, 0.25) is 0 Å². The van der Waals surface area contributed by atoms with Gasteiger partial charge in [0.25, 0.3) is 11.6 Å². The van der Waals surface area contributed by atoms with E-state index in [0.29, 0.717) is 5.75 Å². The molecule has 0 bridgehead atoms. The summed E-state index contributed by atoms with van der Waals surface area (Å²) in [5.74, 6) is 0.0371. The van der Waals surface area contributed by atoms with Gasteiger partial charge in [-0.2, -0.15) is 0 Å². The largest absolute Gasteiger partial charge is 0.497 e. The van der Waals surface area contributed by atoms with Crippen LogP contribution in [0.4, 0.5) is 5.69 Å². The summed E-state index contributed by atoms with van der Waals surface area (Å²) in [4.78, 5) is 26.3. The van der Waals surface area contributed by atoms with Gasteiger partial charge in [-0.25, -0.2) is 0 Å². The van der Waals surface area contributed by atoms with Crippen molar-refractivity contribution in [3.8, 4) is 5.75 Å². The fourth-order valence-corrected chi connectivity index (χ4v) is 2.16. The van der Waals surface area contributed by atoms with Gasteiger partial charge in [0.1, 0.15) is 11.4 Å². The lowest BCUT2D eigenvalue weighted by Gasteiger charge is -2.13. The zero-order valence-corrected chi connectivity index (χ0v) is 13.0. The summed E-state index contributed by atoms with van der Waals surface area (Å²) in [5.41, 5.74) is 0.213. The smallest absolute Gasteiger partial charge is 0.275 e. The molecule has 0 fully saturated rings. The second kappa shape index (κ2) is 8.02. The lowest BCUT2D eigenvalue weighted by Crippen LogP contribution is -2.26.